The van der Waals surface area contributed by atoms with Crippen molar-refractivity contribution in [2.75, 3.05) is 0 Å². The molecule has 5 heteroatoms. The number of rotatable bonds is 5. The molecule has 0 saturated carbocycles. The Balaban J connectivity index is 1.63. The van der Waals surface area contributed by atoms with Gasteiger partial charge in [0.2, 0.25) is 5.76 Å². The van der Waals surface area contributed by atoms with Gasteiger partial charge in [0.25, 0.3) is 0 Å². The predicted octanol–water partition coefficient (Wildman–Crippen LogP) is 2.97. The fourth-order valence-electron chi connectivity index (χ4n) is 1.79. The van der Waals surface area contributed by atoms with Gasteiger partial charge in [0.15, 0.2) is 5.76 Å². The minimum Gasteiger partial charge on any atom is -0.487 e. The van der Waals surface area contributed by atoms with E-state index in [1.54, 1.807) is 18.4 Å². The molecular formula is C15H14N2O3. The van der Waals surface area contributed by atoms with E-state index in [0.29, 0.717) is 30.4 Å². The molecule has 0 bridgehead atoms. The molecule has 2 aromatic heterocycles. The lowest BCUT2D eigenvalue weighted by molar-refractivity contribution is 0.289. The van der Waals surface area contributed by atoms with Crippen molar-refractivity contribution in [2.24, 2.45) is 5.73 Å². The largest absolute Gasteiger partial charge is 0.487 e. The van der Waals surface area contributed by atoms with E-state index in [4.69, 9.17) is 19.4 Å². The molecule has 1 aromatic carbocycles. The third-order valence-electron chi connectivity index (χ3n) is 2.87. The van der Waals surface area contributed by atoms with Crippen LogP contribution in [-0.4, -0.2) is 5.16 Å². The Bertz CT molecular complexity index is 657. The average molecular weight is 270 g/mol. The summed E-state index contributed by atoms with van der Waals surface area (Å²) >= 11 is 0. The van der Waals surface area contributed by atoms with Gasteiger partial charge in [0, 0.05) is 12.6 Å². The van der Waals surface area contributed by atoms with E-state index in [1.165, 1.54) is 0 Å². The maximum Gasteiger partial charge on any atom is 0.202 e. The number of hydrogen-bond acceptors (Lipinski definition) is 5. The number of furan rings is 1. The highest BCUT2D eigenvalue weighted by molar-refractivity contribution is 5.49. The van der Waals surface area contributed by atoms with Crippen molar-refractivity contribution in [3.8, 4) is 17.3 Å². The molecule has 0 aliphatic rings. The molecule has 0 saturated heterocycles. The smallest absolute Gasteiger partial charge is 0.202 e. The summed E-state index contributed by atoms with van der Waals surface area (Å²) in [6.07, 6.45) is 1.59. The van der Waals surface area contributed by atoms with Crippen LogP contribution in [0.4, 0.5) is 0 Å². The number of nitrogens with two attached hydrogens (primary N) is 1. The van der Waals surface area contributed by atoms with Crippen molar-refractivity contribution in [1.29, 1.82) is 0 Å². The SMILES string of the molecule is NCc1ccc(OCc2cc(-c3ccco3)on2)cc1. The molecule has 0 aliphatic carbocycles. The Hall–Kier alpha value is -2.53. The molecular weight excluding hydrogens is 256 g/mol. The van der Waals surface area contributed by atoms with E-state index >= 15 is 0 Å². The van der Waals surface area contributed by atoms with Gasteiger partial charge in [-0.3, -0.25) is 0 Å². The van der Waals surface area contributed by atoms with Crippen LogP contribution in [0.15, 0.2) is 57.7 Å². The molecule has 3 rings (SSSR count). The van der Waals surface area contributed by atoms with Gasteiger partial charge in [-0.1, -0.05) is 17.3 Å². The van der Waals surface area contributed by atoms with Gasteiger partial charge in [0.05, 0.1) is 6.26 Å². The normalized spacial score (nSPS) is 10.7. The van der Waals surface area contributed by atoms with Gasteiger partial charge < -0.3 is 19.4 Å². The lowest BCUT2D eigenvalue weighted by Gasteiger charge is -2.04. The summed E-state index contributed by atoms with van der Waals surface area (Å²) in [4.78, 5) is 0. The fourth-order valence-corrected chi connectivity index (χ4v) is 1.79. The molecule has 0 fully saturated rings. The van der Waals surface area contributed by atoms with Crippen molar-refractivity contribution < 1.29 is 13.7 Å². The van der Waals surface area contributed by atoms with Crippen LogP contribution in [0.25, 0.3) is 11.5 Å². The second-order valence-corrected chi connectivity index (χ2v) is 4.30. The Morgan fingerprint density at radius 2 is 1.95 bits per heavy atom. The zero-order chi connectivity index (χ0) is 13.8. The zero-order valence-electron chi connectivity index (χ0n) is 10.8. The van der Waals surface area contributed by atoms with Crippen LogP contribution in [0.2, 0.25) is 0 Å². The number of hydrogen-bond donors (Lipinski definition) is 1. The van der Waals surface area contributed by atoms with Gasteiger partial charge in [-0.15, -0.1) is 0 Å². The van der Waals surface area contributed by atoms with Crippen LogP contribution in [0.5, 0.6) is 5.75 Å². The molecule has 0 atom stereocenters. The Morgan fingerprint density at radius 3 is 2.65 bits per heavy atom. The van der Waals surface area contributed by atoms with Crippen molar-refractivity contribution in [2.45, 2.75) is 13.2 Å². The lowest BCUT2D eigenvalue weighted by atomic mass is 10.2. The molecule has 0 unspecified atom stereocenters. The van der Waals surface area contributed by atoms with Gasteiger partial charge in [-0.2, -0.15) is 0 Å². The standard InChI is InChI=1S/C15H14N2O3/c16-9-11-3-5-13(6-4-11)19-10-12-8-15(20-17-12)14-2-1-7-18-14/h1-8H,9-10,16H2. The monoisotopic (exact) mass is 270 g/mol. The Morgan fingerprint density at radius 1 is 1.10 bits per heavy atom. The summed E-state index contributed by atoms with van der Waals surface area (Å²) in [5, 5.41) is 3.94. The number of benzene rings is 1. The van der Waals surface area contributed by atoms with Crippen molar-refractivity contribution in [3.63, 3.8) is 0 Å². The van der Waals surface area contributed by atoms with Crippen LogP contribution >= 0.6 is 0 Å². The summed E-state index contributed by atoms with van der Waals surface area (Å²) in [6.45, 7) is 0.863. The first-order valence-electron chi connectivity index (χ1n) is 6.26. The third kappa shape index (κ3) is 2.73. The molecule has 0 amide bonds. The zero-order valence-corrected chi connectivity index (χ0v) is 10.8. The molecule has 0 radical (unpaired) electrons. The molecule has 5 nitrogen and oxygen atoms in total. The topological polar surface area (TPSA) is 74.4 Å². The average Bonchev–Trinajstić information content (AvgIpc) is 3.16. The lowest BCUT2D eigenvalue weighted by Crippen LogP contribution is -1.97. The molecule has 0 spiro atoms. The Kier molecular flexibility index (Phi) is 3.52. The van der Waals surface area contributed by atoms with E-state index in [1.807, 2.05) is 30.3 Å². The molecule has 102 valence electrons. The van der Waals surface area contributed by atoms with E-state index in [-0.39, 0.29) is 0 Å². The highest BCUT2D eigenvalue weighted by Gasteiger charge is 2.09. The van der Waals surface area contributed by atoms with Crippen LogP contribution in [0.1, 0.15) is 11.3 Å². The van der Waals surface area contributed by atoms with Gasteiger partial charge in [0.1, 0.15) is 18.1 Å². The summed E-state index contributed by atoms with van der Waals surface area (Å²) in [5.74, 6) is 2.01. The minimum absolute atomic E-state index is 0.339. The summed E-state index contributed by atoms with van der Waals surface area (Å²) < 4.78 is 16.1. The highest BCUT2D eigenvalue weighted by Crippen LogP contribution is 2.21. The summed E-state index contributed by atoms with van der Waals surface area (Å²) in [7, 11) is 0. The first-order valence-corrected chi connectivity index (χ1v) is 6.26. The summed E-state index contributed by atoms with van der Waals surface area (Å²) in [6, 6.07) is 13.1. The van der Waals surface area contributed by atoms with Crippen LogP contribution in [0, 0.1) is 0 Å². The van der Waals surface area contributed by atoms with Crippen LogP contribution in [0.3, 0.4) is 0 Å². The first kappa shape index (κ1) is 12.5. The molecule has 2 N–H and O–H groups in total. The Labute approximate surface area is 115 Å². The third-order valence-corrected chi connectivity index (χ3v) is 2.87. The molecule has 0 aliphatic heterocycles. The van der Waals surface area contributed by atoms with Gasteiger partial charge in [-0.25, -0.2) is 0 Å². The molecule has 20 heavy (non-hydrogen) atoms. The maximum absolute atomic E-state index is 5.63. The number of aromatic nitrogens is 1. The molecule has 3 aromatic rings. The highest BCUT2D eigenvalue weighted by atomic mass is 16.5. The minimum atomic E-state index is 0.339. The van der Waals surface area contributed by atoms with Crippen LogP contribution in [-0.2, 0) is 13.2 Å². The summed E-state index contributed by atoms with van der Waals surface area (Å²) in [5.41, 5.74) is 7.32. The maximum atomic E-state index is 5.63. The fraction of sp³-hybridized carbons (Fsp3) is 0.133. The van der Waals surface area contributed by atoms with Gasteiger partial charge >= 0.3 is 0 Å². The van der Waals surface area contributed by atoms with E-state index in [0.717, 1.165) is 11.3 Å². The van der Waals surface area contributed by atoms with Crippen molar-refractivity contribution in [1.82, 2.24) is 5.16 Å². The number of nitrogens with zero attached hydrogens (tertiary/aromatic N) is 1. The van der Waals surface area contributed by atoms with Crippen LogP contribution < -0.4 is 10.5 Å². The first-order chi connectivity index (χ1) is 9.85. The van der Waals surface area contributed by atoms with E-state index < -0.39 is 0 Å². The van der Waals surface area contributed by atoms with E-state index in [9.17, 15) is 0 Å². The predicted molar refractivity (Wildman–Crippen MR) is 72.9 cm³/mol. The number of ether oxygens (including phenoxy) is 1. The van der Waals surface area contributed by atoms with Crippen molar-refractivity contribution >= 4 is 0 Å². The van der Waals surface area contributed by atoms with Gasteiger partial charge in [-0.05, 0) is 29.8 Å². The van der Waals surface area contributed by atoms with Crippen molar-refractivity contribution in [3.05, 3.63) is 60.0 Å². The van der Waals surface area contributed by atoms with E-state index in [2.05, 4.69) is 5.16 Å². The second-order valence-electron chi connectivity index (χ2n) is 4.30. The molecule has 2 heterocycles. The quantitative estimate of drug-likeness (QED) is 0.771. The second kappa shape index (κ2) is 5.63.